The number of aromatic amines is 1. The van der Waals surface area contributed by atoms with E-state index in [2.05, 4.69) is 15.3 Å². The van der Waals surface area contributed by atoms with Crippen molar-refractivity contribution in [3.05, 3.63) is 27.9 Å². The van der Waals surface area contributed by atoms with Crippen molar-refractivity contribution in [2.75, 3.05) is 26.8 Å². The average molecular weight is 237 g/mol. The highest BCUT2D eigenvalue weighted by Crippen LogP contribution is 2.22. The van der Waals surface area contributed by atoms with Crippen molar-refractivity contribution in [1.82, 2.24) is 15.3 Å². The van der Waals surface area contributed by atoms with E-state index in [1.54, 1.807) is 6.20 Å². The summed E-state index contributed by atoms with van der Waals surface area (Å²) in [5.74, 6) is 1.15. The van der Waals surface area contributed by atoms with E-state index in [4.69, 9.17) is 4.74 Å². The number of hydrogen-bond donors (Lipinski definition) is 2. The standard InChI is InChI=1S/C12H19N3O2/c1-13-5-2-10-8-14-11(15-12(10)16)9-3-6-17-7-4-9/h8-9,13H,2-7H2,1H3,(H,14,15,16). The highest BCUT2D eigenvalue weighted by Gasteiger charge is 2.18. The smallest absolute Gasteiger partial charge is 0.254 e. The molecule has 0 aliphatic carbocycles. The molecule has 5 nitrogen and oxygen atoms in total. The van der Waals surface area contributed by atoms with Gasteiger partial charge in [-0.3, -0.25) is 4.79 Å². The molecular formula is C12H19N3O2. The zero-order chi connectivity index (χ0) is 12.1. The van der Waals surface area contributed by atoms with E-state index in [0.29, 0.717) is 12.3 Å². The molecule has 1 saturated heterocycles. The van der Waals surface area contributed by atoms with Crippen LogP contribution in [-0.4, -0.2) is 36.8 Å². The molecule has 0 amide bonds. The molecule has 94 valence electrons. The van der Waals surface area contributed by atoms with Gasteiger partial charge in [0, 0.05) is 30.9 Å². The van der Waals surface area contributed by atoms with Crippen LogP contribution in [0.25, 0.3) is 0 Å². The Morgan fingerprint density at radius 1 is 1.53 bits per heavy atom. The lowest BCUT2D eigenvalue weighted by atomic mass is 9.99. The molecule has 0 unspecified atom stereocenters. The topological polar surface area (TPSA) is 67.0 Å². The highest BCUT2D eigenvalue weighted by molar-refractivity contribution is 5.08. The SMILES string of the molecule is CNCCc1cnc(C2CCOCC2)[nH]c1=O. The first-order valence-corrected chi connectivity index (χ1v) is 6.11. The van der Waals surface area contributed by atoms with Gasteiger partial charge in [-0.1, -0.05) is 0 Å². The van der Waals surface area contributed by atoms with E-state index < -0.39 is 0 Å². The Balaban J connectivity index is 2.09. The summed E-state index contributed by atoms with van der Waals surface area (Å²) in [5.41, 5.74) is 0.743. The minimum Gasteiger partial charge on any atom is -0.381 e. The lowest BCUT2D eigenvalue weighted by Gasteiger charge is -2.21. The zero-order valence-electron chi connectivity index (χ0n) is 10.2. The number of ether oxygens (including phenoxy) is 1. The predicted molar refractivity (Wildman–Crippen MR) is 65.3 cm³/mol. The summed E-state index contributed by atoms with van der Waals surface area (Å²) in [4.78, 5) is 19.1. The maximum Gasteiger partial charge on any atom is 0.254 e. The second-order valence-electron chi connectivity index (χ2n) is 4.36. The summed E-state index contributed by atoms with van der Waals surface area (Å²) in [6.07, 6.45) is 4.31. The third-order valence-corrected chi connectivity index (χ3v) is 3.15. The van der Waals surface area contributed by atoms with Gasteiger partial charge in [0.1, 0.15) is 5.82 Å². The van der Waals surface area contributed by atoms with Crippen molar-refractivity contribution in [1.29, 1.82) is 0 Å². The van der Waals surface area contributed by atoms with Crippen LogP contribution in [0.2, 0.25) is 0 Å². The van der Waals surface area contributed by atoms with Crippen LogP contribution in [0.1, 0.15) is 30.1 Å². The second kappa shape index (κ2) is 5.93. The molecule has 1 aromatic rings. The zero-order valence-corrected chi connectivity index (χ0v) is 10.2. The quantitative estimate of drug-likeness (QED) is 0.796. The fourth-order valence-electron chi connectivity index (χ4n) is 2.05. The van der Waals surface area contributed by atoms with Gasteiger partial charge < -0.3 is 15.0 Å². The third-order valence-electron chi connectivity index (χ3n) is 3.15. The van der Waals surface area contributed by atoms with Crippen LogP contribution in [-0.2, 0) is 11.2 Å². The van der Waals surface area contributed by atoms with Gasteiger partial charge in [0.25, 0.3) is 5.56 Å². The molecule has 5 heteroatoms. The van der Waals surface area contributed by atoms with Gasteiger partial charge in [-0.25, -0.2) is 4.98 Å². The summed E-state index contributed by atoms with van der Waals surface area (Å²) in [5, 5.41) is 3.02. The molecule has 1 aliphatic rings. The van der Waals surface area contributed by atoms with E-state index in [1.165, 1.54) is 0 Å². The monoisotopic (exact) mass is 237 g/mol. The second-order valence-corrected chi connectivity index (χ2v) is 4.36. The summed E-state index contributed by atoms with van der Waals surface area (Å²) >= 11 is 0. The van der Waals surface area contributed by atoms with Crippen LogP contribution in [0.3, 0.4) is 0 Å². The number of nitrogens with one attached hydrogen (secondary N) is 2. The van der Waals surface area contributed by atoms with Gasteiger partial charge in [-0.2, -0.15) is 0 Å². The fourth-order valence-corrected chi connectivity index (χ4v) is 2.05. The molecule has 2 N–H and O–H groups in total. The molecular weight excluding hydrogens is 218 g/mol. The van der Waals surface area contributed by atoms with Crippen molar-refractivity contribution < 1.29 is 4.74 Å². The summed E-state index contributed by atoms with van der Waals surface area (Å²) in [6.45, 7) is 2.31. The Kier molecular flexibility index (Phi) is 4.28. The van der Waals surface area contributed by atoms with Crippen molar-refractivity contribution in [3.8, 4) is 0 Å². The number of aromatic nitrogens is 2. The Bertz CT molecular complexity index is 410. The number of nitrogens with zero attached hydrogens (tertiary/aromatic N) is 1. The van der Waals surface area contributed by atoms with Crippen LogP contribution in [0.5, 0.6) is 0 Å². The van der Waals surface area contributed by atoms with Gasteiger partial charge in [0.2, 0.25) is 0 Å². The first-order chi connectivity index (χ1) is 8.31. The van der Waals surface area contributed by atoms with Crippen molar-refractivity contribution in [2.45, 2.75) is 25.2 Å². The molecule has 0 atom stereocenters. The molecule has 1 aromatic heterocycles. The van der Waals surface area contributed by atoms with Gasteiger partial charge in [-0.15, -0.1) is 0 Å². The van der Waals surface area contributed by atoms with Gasteiger partial charge in [0.05, 0.1) is 0 Å². The molecule has 1 aliphatic heterocycles. The van der Waals surface area contributed by atoms with Crippen LogP contribution in [0.15, 0.2) is 11.0 Å². The molecule has 17 heavy (non-hydrogen) atoms. The van der Waals surface area contributed by atoms with Crippen molar-refractivity contribution >= 4 is 0 Å². The molecule has 1 fully saturated rings. The molecule has 2 heterocycles. The highest BCUT2D eigenvalue weighted by atomic mass is 16.5. The normalized spacial score (nSPS) is 17.2. The predicted octanol–water partition coefficient (Wildman–Crippen LogP) is 0.426. The minimum atomic E-state index is -0.00302. The van der Waals surface area contributed by atoms with E-state index >= 15 is 0 Å². The van der Waals surface area contributed by atoms with Crippen LogP contribution < -0.4 is 10.9 Å². The minimum absolute atomic E-state index is 0.00302. The Morgan fingerprint density at radius 2 is 2.29 bits per heavy atom. The Labute approximate surface area is 101 Å². The van der Waals surface area contributed by atoms with E-state index in [9.17, 15) is 4.79 Å². The molecule has 0 bridgehead atoms. The molecule has 2 rings (SSSR count). The van der Waals surface area contributed by atoms with E-state index in [-0.39, 0.29) is 5.56 Å². The molecule has 0 aromatic carbocycles. The summed E-state index contributed by atoms with van der Waals surface area (Å²) in [6, 6.07) is 0. The van der Waals surface area contributed by atoms with Gasteiger partial charge >= 0.3 is 0 Å². The number of hydrogen-bond acceptors (Lipinski definition) is 4. The lowest BCUT2D eigenvalue weighted by Crippen LogP contribution is -2.23. The van der Waals surface area contributed by atoms with Crippen molar-refractivity contribution in [3.63, 3.8) is 0 Å². The average Bonchev–Trinajstić information content (AvgIpc) is 2.38. The summed E-state index contributed by atoms with van der Waals surface area (Å²) in [7, 11) is 1.87. The largest absolute Gasteiger partial charge is 0.381 e. The van der Waals surface area contributed by atoms with Crippen LogP contribution in [0.4, 0.5) is 0 Å². The number of rotatable bonds is 4. The Hall–Kier alpha value is -1.20. The van der Waals surface area contributed by atoms with E-state index in [1.807, 2.05) is 7.05 Å². The number of H-pyrrole nitrogens is 1. The molecule has 0 spiro atoms. The third kappa shape index (κ3) is 3.14. The summed E-state index contributed by atoms with van der Waals surface area (Å²) < 4.78 is 5.30. The van der Waals surface area contributed by atoms with Crippen LogP contribution >= 0.6 is 0 Å². The van der Waals surface area contributed by atoms with E-state index in [0.717, 1.165) is 44.0 Å². The first-order valence-electron chi connectivity index (χ1n) is 6.11. The molecule has 0 radical (unpaired) electrons. The van der Waals surface area contributed by atoms with Crippen LogP contribution in [0, 0.1) is 0 Å². The maximum atomic E-state index is 11.8. The lowest BCUT2D eigenvalue weighted by molar-refractivity contribution is 0.0835. The first kappa shape index (κ1) is 12.3. The van der Waals surface area contributed by atoms with Gasteiger partial charge in [-0.05, 0) is 32.9 Å². The van der Waals surface area contributed by atoms with Gasteiger partial charge in [0.15, 0.2) is 0 Å². The Morgan fingerprint density at radius 3 is 2.94 bits per heavy atom. The van der Waals surface area contributed by atoms with Crippen molar-refractivity contribution in [2.24, 2.45) is 0 Å². The number of likely N-dealkylation sites (N-methyl/N-ethyl adjacent to an activating group) is 1. The maximum absolute atomic E-state index is 11.8. The molecule has 0 saturated carbocycles. The fraction of sp³-hybridized carbons (Fsp3) is 0.667.